The Balaban J connectivity index is 3.19. The highest BCUT2D eigenvalue weighted by atomic mass is 15.2. The van der Waals surface area contributed by atoms with Crippen LogP contribution in [0.3, 0.4) is 0 Å². The summed E-state index contributed by atoms with van der Waals surface area (Å²) in [5.41, 5.74) is 3.39. The second-order valence-electron chi connectivity index (χ2n) is 3.57. The van der Waals surface area contributed by atoms with Gasteiger partial charge >= 0.3 is 0 Å². The Morgan fingerprint density at radius 1 is 1.29 bits per heavy atom. The largest absolute Gasteiger partial charge is 0.167 e. The summed E-state index contributed by atoms with van der Waals surface area (Å²) in [5, 5.41) is 7.52. The van der Waals surface area contributed by atoms with Crippen LogP contribution in [0.2, 0.25) is 0 Å². The maximum absolute atomic E-state index is 3.97. The van der Waals surface area contributed by atoms with E-state index in [0.29, 0.717) is 5.92 Å². The molecule has 14 heavy (non-hydrogen) atoms. The summed E-state index contributed by atoms with van der Waals surface area (Å²) >= 11 is 0. The second-order valence-corrected chi connectivity index (χ2v) is 3.57. The van der Waals surface area contributed by atoms with Crippen molar-refractivity contribution in [1.82, 2.24) is 0 Å². The zero-order valence-electron chi connectivity index (χ0n) is 8.99. The van der Waals surface area contributed by atoms with Crippen LogP contribution in [-0.4, -0.2) is 12.4 Å². The van der Waals surface area contributed by atoms with E-state index in [1.165, 1.54) is 5.56 Å². The van der Waals surface area contributed by atoms with Crippen molar-refractivity contribution < 1.29 is 0 Å². The molecule has 2 nitrogen and oxygen atoms in total. The number of hydrogen-bond donors (Lipinski definition) is 0. The van der Waals surface area contributed by atoms with Crippen molar-refractivity contribution in [3.63, 3.8) is 0 Å². The molecule has 0 aromatic heterocycles. The van der Waals surface area contributed by atoms with E-state index >= 15 is 0 Å². The molecule has 0 aliphatic heterocycles. The fourth-order valence-electron chi connectivity index (χ4n) is 1.49. The summed E-state index contributed by atoms with van der Waals surface area (Å²) < 4.78 is 0. The molecule has 74 valence electrons. The number of rotatable bonds is 3. The molecule has 0 fully saturated rings. The minimum absolute atomic E-state index is 0.501. The molecule has 0 unspecified atom stereocenters. The minimum atomic E-state index is 0.501. The lowest BCUT2D eigenvalue weighted by molar-refractivity contribution is 0.863. The number of hydrogen-bond acceptors (Lipinski definition) is 2. The standard InChI is InChI=1S/C12H16N2/c1-9(2)11-7-5-6-8-12(11)10(3)14-13-4/h5-9H,4H2,1-3H3/b14-10+. The molecule has 1 aromatic carbocycles. The summed E-state index contributed by atoms with van der Waals surface area (Å²) in [5.74, 6) is 0.501. The molecule has 0 N–H and O–H groups in total. The van der Waals surface area contributed by atoms with Crippen LogP contribution in [0.25, 0.3) is 0 Å². The topological polar surface area (TPSA) is 24.7 Å². The van der Waals surface area contributed by atoms with Crippen LogP contribution >= 0.6 is 0 Å². The van der Waals surface area contributed by atoms with Crippen LogP contribution in [0.1, 0.15) is 37.8 Å². The SMILES string of the molecule is C=N/N=C(\C)c1ccccc1C(C)C. The van der Waals surface area contributed by atoms with Gasteiger partial charge in [-0.05, 0) is 18.4 Å². The molecule has 0 radical (unpaired) electrons. The molecule has 0 heterocycles. The molecule has 0 aliphatic rings. The van der Waals surface area contributed by atoms with Crippen molar-refractivity contribution >= 4 is 12.4 Å². The summed E-state index contributed by atoms with van der Waals surface area (Å²) in [6, 6.07) is 8.26. The van der Waals surface area contributed by atoms with Gasteiger partial charge in [0.2, 0.25) is 0 Å². The van der Waals surface area contributed by atoms with E-state index in [1.807, 2.05) is 19.1 Å². The molecule has 0 spiro atoms. The van der Waals surface area contributed by atoms with Crippen molar-refractivity contribution in [3.05, 3.63) is 35.4 Å². The van der Waals surface area contributed by atoms with Gasteiger partial charge in [0.15, 0.2) is 0 Å². The third-order valence-corrected chi connectivity index (χ3v) is 2.19. The molecule has 0 amide bonds. The zero-order valence-corrected chi connectivity index (χ0v) is 8.99. The predicted octanol–water partition coefficient (Wildman–Crippen LogP) is 3.23. The Morgan fingerprint density at radius 3 is 2.50 bits per heavy atom. The first-order valence-electron chi connectivity index (χ1n) is 4.76. The average molecular weight is 188 g/mol. The van der Waals surface area contributed by atoms with Gasteiger partial charge in [-0.1, -0.05) is 38.1 Å². The molecule has 1 aromatic rings. The molecule has 0 saturated carbocycles. The van der Waals surface area contributed by atoms with Gasteiger partial charge in [0, 0.05) is 12.3 Å². The first-order valence-corrected chi connectivity index (χ1v) is 4.76. The van der Waals surface area contributed by atoms with Crippen LogP contribution in [0.15, 0.2) is 34.5 Å². The van der Waals surface area contributed by atoms with Crippen molar-refractivity contribution in [3.8, 4) is 0 Å². The van der Waals surface area contributed by atoms with E-state index in [1.54, 1.807) is 0 Å². The van der Waals surface area contributed by atoms with Crippen LogP contribution in [0.4, 0.5) is 0 Å². The van der Waals surface area contributed by atoms with E-state index in [0.717, 1.165) is 11.3 Å². The predicted molar refractivity (Wildman–Crippen MR) is 62.3 cm³/mol. The van der Waals surface area contributed by atoms with Gasteiger partial charge < -0.3 is 0 Å². The van der Waals surface area contributed by atoms with E-state index in [9.17, 15) is 0 Å². The molecule has 0 saturated heterocycles. The first-order chi connectivity index (χ1) is 6.66. The Kier molecular flexibility index (Phi) is 3.57. The Bertz CT molecular complexity index is 351. The van der Waals surface area contributed by atoms with E-state index in [-0.39, 0.29) is 0 Å². The fraction of sp³-hybridized carbons (Fsp3) is 0.333. The van der Waals surface area contributed by atoms with E-state index < -0.39 is 0 Å². The molecular formula is C12H16N2. The van der Waals surface area contributed by atoms with Crippen LogP contribution in [0, 0.1) is 0 Å². The summed E-state index contributed by atoms with van der Waals surface area (Å²) in [6.45, 7) is 9.67. The smallest absolute Gasteiger partial charge is 0.0674 e. The molecule has 0 aliphatic carbocycles. The normalized spacial score (nSPS) is 11.9. The van der Waals surface area contributed by atoms with Gasteiger partial charge in [-0.25, -0.2) is 0 Å². The zero-order chi connectivity index (χ0) is 10.6. The minimum Gasteiger partial charge on any atom is -0.167 e. The van der Waals surface area contributed by atoms with Crippen molar-refractivity contribution in [2.75, 3.05) is 0 Å². The third-order valence-electron chi connectivity index (χ3n) is 2.19. The lowest BCUT2D eigenvalue weighted by Gasteiger charge is -2.11. The lowest BCUT2D eigenvalue weighted by atomic mass is 9.95. The molecule has 0 bridgehead atoms. The third kappa shape index (κ3) is 2.28. The van der Waals surface area contributed by atoms with Crippen molar-refractivity contribution in [2.45, 2.75) is 26.7 Å². The highest BCUT2D eigenvalue weighted by Gasteiger charge is 2.07. The monoisotopic (exact) mass is 188 g/mol. The fourth-order valence-corrected chi connectivity index (χ4v) is 1.49. The Morgan fingerprint density at radius 2 is 1.93 bits per heavy atom. The maximum atomic E-state index is 3.97. The summed E-state index contributed by atoms with van der Waals surface area (Å²) in [4.78, 5) is 0. The van der Waals surface area contributed by atoms with Gasteiger partial charge in [0.1, 0.15) is 0 Å². The molecular weight excluding hydrogens is 172 g/mol. The molecule has 1 rings (SSSR count). The highest BCUT2D eigenvalue weighted by Crippen LogP contribution is 2.19. The second kappa shape index (κ2) is 4.70. The van der Waals surface area contributed by atoms with Crippen LogP contribution in [-0.2, 0) is 0 Å². The van der Waals surface area contributed by atoms with Gasteiger partial charge in [0.05, 0.1) is 5.71 Å². The maximum Gasteiger partial charge on any atom is 0.0674 e. The molecule has 2 heteroatoms. The van der Waals surface area contributed by atoms with Gasteiger partial charge in [-0.15, -0.1) is 0 Å². The van der Waals surface area contributed by atoms with Gasteiger partial charge in [-0.3, -0.25) is 0 Å². The van der Waals surface area contributed by atoms with Crippen LogP contribution in [0.5, 0.6) is 0 Å². The number of nitrogens with zero attached hydrogens (tertiary/aromatic N) is 2. The Hall–Kier alpha value is -1.44. The van der Waals surface area contributed by atoms with E-state index in [2.05, 4.69) is 42.9 Å². The van der Waals surface area contributed by atoms with Gasteiger partial charge in [-0.2, -0.15) is 10.2 Å². The van der Waals surface area contributed by atoms with E-state index in [4.69, 9.17) is 0 Å². The van der Waals surface area contributed by atoms with Crippen molar-refractivity contribution in [2.24, 2.45) is 10.2 Å². The highest BCUT2D eigenvalue weighted by molar-refractivity contribution is 6.00. The summed E-state index contributed by atoms with van der Waals surface area (Å²) in [6.07, 6.45) is 0. The average Bonchev–Trinajstić information content (AvgIpc) is 2.18. The quantitative estimate of drug-likeness (QED) is 0.514. The van der Waals surface area contributed by atoms with Gasteiger partial charge in [0.25, 0.3) is 0 Å². The Labute approximate surface area is 85.4 Å². The first kappa shape index (κ1) is 10.6. The molecule has 0 atom stereocenters. The lowest BCUT2D eigenvalue weighted by Crippen LogP contribution is -2.01. The van der Waals surface area contributed by atoms with Crippen LogP contribution < -0.4 is 0 Å². The summed E-state index contributed by atoms with van der Waals surface area (Å²) in [7, 11) is 0. The van der Waals surface area contributed by atoms with Crippen molar-refractivity contribution in [1.29, 1.82) is 0 Å². The number of benzene rings is 1.